The summed E-state index contributed by atoms with van der Waals surface area (Å²) in [5, 5.41) is 11.3. The van der Waals surface area contributed by atoms with Crippen molar-refractivity contribution in [3.63, 3.8) is 0 Å². The van der Waals surface area contributed by atoms with Crippen molar-refractivity contribution >= 4 is 33.4 Å². The molecule has 0 bridgehead atoms. The van der Waals surface area contributed by atoms with Gasteiger partial charge in [-0.05, 0) is 17.7 Å². The minimum absolute atomic E-state index is 0.104. The van der Waals surface area contributed by atoms with E-state index in [1.54, 1.807) is 55.6 Å². The number of aliphatic hydroxyl groups is 1. The van der Waals surface area contributed by atoms with E-state index in [1.807, 2.05) is 6.07 Å². The van der Waals surface area contributed by atoms with Gasteiger partial charge in [0.05, 0.1) is 18.7 Å². The van der Waals surface area contributed by atoms with Crippen LogP contribution in [0.15, 0.2) is 60.2 Å². The standard InChI is InChI=1S/C20H18BrNO4/c1-26-15-9-7-13(8-10-15)17-16(18(23)14-5-3-2-4-6-14)19(24)20(25)22(17)12-11-21/h2-10,17,23H,11-12H2,1H3/b18-16-. The van der Waals surface area contributed by atoms with Crippen LogP contribution in [0.1, 0.15) is 17.2 Å². The molecule has 5 nitrogen and oxygen atoms in total. The molecule has 2 aromatic rings. The quantitative estimate of drug-likeness (QED) is 0.351. The number of ketones is 1. The van der Waals surface area contributed by atoms with Gasteiger partial charge in [0.25, 0.3) is 11.7 Å². The molecule has 6 heteroatoms. The molecule has 0 saturated carbocycles. The zero-order valence-electron chi connectivity index (χ0n) is 14.2. The topological polar surface area (TPSA) is 66.8 Å². The van der Waals surface area contributed by atoms with Crippen LogP contribution in [-0.2, 0) is 9.59 Å². The first-order valence-corrected chi connectivity index (χ1v) is 9.24. The predicted octanol–water partition coefficient (Wildman–Crippen LogP) is 3.51. The Hall–Kier alpha value is -2.60. The molecule has 1 atom stereocenters. The third-order valence-electron chi connectivity index (χ3n) is 4.34. The van der Waals surface area contributed by atoms with Gasteiger partial charge >= 0.3 is 0 Å². The summed E-state index contributed by atoms with van der Waals surface area (Å²) < 4.78 is 5.18. The molecule has 134 valence electrons. The SMILES string of the molecule is COc1ccc(C2/C(=C(/O)c3ccccc3)C(=O)C(=O)N2CCBr)cc1. The summed E-state index contributed by atoms with van der Waals surface area (Å²) in [5.41, 5.74) is 1.35. The van der Waals surface area contributed by atoms with Gasteiger partial charge in [-0.2, -0.15) is 0 Å². The number of ether oxygens (including phenoxy) is 1. The first kappa shape index (κ1) is 18.2. The van der Waals surface area contributed by atoms with Crippen LogP contribution in [0.4, 0.5) is 0 Å². The van der Waals surface area contributed by atoms with Crippen molar-refractivity contribution < 1.29 is 19.4 Å². The molecule has 0 aliphatic carbocycles. The molecule has 1 aliphatic rings. The van der Waals surface area contributed by atoms with E-state index in [0.29, 0.717) is 23.2 Å². The molecule has 1 amide bonds. The normalized spacial score (nSPS) is 19.0. The molecular formula is C20H18BrNO4. The maximum Gasteiger partial charge on any atom is 0.295 e. The minimum Gasteiger partial charge on any atom is -0.507 e. The third kappa shape index (κ3) is 3.24. The maximum absolute atomic E-state index is 12.7. The van der Waals surface area contributed by atoms with Gasteiger partial charge in [0.2, 0.25) is 0 Å². The van der Waals surface area contributed by atoms with E-state index in [0.717, 1.165) is 5.56 Å². The Kier molecular flexibility index (Phi) is 5.42. The number of methoxy groups -OCH3 is 1. The highest BCUT2D eigenvalue weighted by atomic mass is 79.9. The molecule has 0 spiro atoms. The monoisotopic (exact) mass is 415 g/mol. The fourth-order valence-corrected chi connectivity index (χ4v) is 3.47. The average molecular weight is 416 g/mol. The van der Waals surface area contributed by atoms with Gasteiger partial charge in [0, 0.05) is 17.4 Å². The molecule has 1 N–H and O–H groups in total. The lowest BCUT2D eigenvalue weighted by molar-refractivity contribution is -0.139. The Morgan fingerprint density at radius 2 is 1.77 bits per heavy atom. The van der Waals surface area contributed by atoms with Crippen LogP contribution in [0.3, 0.4) is 0 Å². The van der Waals surface area contributed by atoms with Crippen molar-refractivity contribution in [1.29, 1.82) is 0 Å². The number of benzene rings is 2. The molecule has 1 heterocycles. The van der Waals surface area contributed by atoms with E-state index >= 15 is 0 Å². The van der Waals surface area contributed by atoms with Crippen molar-refractivity contribution in [3.8, 4) is 5.75 Å². The highest BCUT2D eigenvalue weighted by Gasteiger charge is 2.45. The number of nitrogens with zero attached hydrogens (tertiary/aromatic N) is 1. The van der Waals surface area contributed by atoms with Gasteiger partial charge in [-0.1, -0.05) is 58.4 Å². The number of Topliss-reactive ketones (excluding diaryl/α,β-unsaturated/α-hetero) is 1. The number of hydrogen-bond donors (Lipinski definition) is 1. The lowest BCUT2D eigenvalue weighted by atomic mass is 9.95. The first-order chi connectivity index (χ1) is 12.6. The first-order valence-electron chi connectivity index (χ1n) is 8.12. The van der Waals surface area contributed by atoms with Crippen LogP contribution in [0, 0.1) is 0 Å². The Bertz CT molecular complexity index is 846. The number of carbonyl (C=O) groups is 2. The van der Waals surface area contributed by atoms with Crippen LogP contribution < -0.4 is 4.74 Å². The number of amides is 1. The number of alkyl halides is 1. The lowest BCUT2D eigenvalue weighted by Crippen LogP contribution is -2.31. The summed E-state index contributed by atoms with van der Waals surface area (Å²) in [7, 11) is 1.57. The molecule has 0 radical (unpaired) electrons. The summed E-state index contributed by atoms with van der Waals surface area (Å²) in [6.45, 7) is 0.354. The average Bonchev–Trinajstić information content (AvgIpc) is 2.93. The van der Waals surface area contributed by atoms with E-state index in [1.165, 1.54) is 4.90 Å². The zero-order chi connectivity index (χ0) is 18.7. The van der Waals surface area contributed by atoms with Crippen LogP contribution >= 0.6 is 15.9 Å². The number of carbonyl (C=O) groups excluding carboxylic acids is 2. The summed E-state index contributed by atoms with van der Waals surface area (Å²) in [4.78, 5) is 26.7. The fourth-order valence-electron chi connectivity index (χ4n) is 3.09. The molecule has 1 aliphatic heterocycles. The Morgan fingerprint density at radius 1 is 1.12 bits per heavy atom. The molecule has 2 aromatic carbocycles. The van der Waals surface area contributed by atoms with Gasteiger partial charge in [-0.25, -0.2) is 0 Å². The van der Waals surface area contributed by atoms with Crippen LogP contribution in [0.25, 0.3) is 5.76 Å². The molecule has 0 aromatic heterocycles. The number of hydrogen-bond acceptors (Lipinski definition) is 4. The third-order valence-corrected chi connectivity index (χ3v) is 4.70. The molecule has 26 heavy (non-hydrogen) atoms. The number of aliphatic hydroxyl groups excluding tert-OH is 1. The highest BCUT2D eigenvalue weighted by molar-refractivity contribution is 9.09. The maximum atomic E-state index is 12.7. The van der Waals surface area contributed by atoms with Crippen molar-refractivity contribution in [1.82, 2.24) is 4.90 Å². The van der Waals surface area contributed by atoms with Crippen molar-refractivity contribution in [2.45, 2.75) is 6.04 Å². The van der Waals surface area contributed by atoms with Gasteiger partial charge < -0.3 is 14.7 Å². The Morgan fingerprint density at radius 3 is 2.35 bits per heavy atom. The predicted molar refractivity (Wildman–Crippen MR) is 102 cm³/mol. The summed E-state index contributed by atoms with van der Waals surface area (Å²) in [6.07, 6.45) is 0. The highest BCUT2D eigenvalue weighted by Crippen LogP contribution is 2.39. The van der Waals surface area contributed by atoms with Crippen molar-refractivity contribution in [3.05, 3.63) is 71.3 Å². The van der Waals surface area contributed by atoms with Gasteiger partial charge in [0.1, 0.15) is 11.5 Å². The molecule has 3 rings (SSSR count). The number of rotatable bonds is 5. The van der Waals surface area contributed by atoms with Gasteiger partial charge in [0.15, 0.2) is 0 Å². The molecule has 1 unspecified atom stereocenters. The second-order valence-electron chi connectivity index (χ2n) is 5.82. The minimum atomic E-state index is -0.673. The zero-order valence-corrected chi connectivity index (χ0v) is 15.8. The molecular weight excluding hydrogens is 398 g/mol. The van der Waals surface area contributed by atoms with Crippen molar-refractivity contribution in [2.75, 3.05) is 19.0 Å². The van der Waals surface area contributed by atoms with Gasteiger partial charge in [-0.15, -0.1) is 0 Å². The largest absolute Gasteiger partial charge is 0.507 e. The van der Waals surface area contributed by atoms with Crippen LogP contribution in [0.2, 0.25) is 0 Å². The Balaban J connectivity index is 2.15. The summed E-state index contributed by atoms with van der Waals surface area (Å²) in [5.74, 6) is -0.771. The fraction of sp³-hybridized carbons (Fsp3) is 0.200. The van der Waals surface area contributed by atoms with Crippen LogP contribution in [0.5, 0.6) is 5.75 Å². The van der Waals surface area contributed by atoms with Gasteiger partial charge in [-0.3, -0.25) is 9.59 Å². The van der Waals surface area contributed by atoms with Crippen molar-refractivity contribution in [2.24, 2.45) is 0 Å². The van der Waals surface area contributed by atoms with E-state index in [9.17, 15) is 14.7 Å². The van der Waals surface area contributed by atoms with E-state index in [2.05, 4.69) is 15.9 Å². The van der Waals surface area contributed by atoms with E-state index < -0.39 is 17.7 Å². The second-order valence-corrected chi connectivity index (χ2v) is 6.61. The van der Waals surface area contributed by atoms with E-state index in [-0.39, 0.29) is 11.3 Å². The molecule has 1 fully saturated rings. The second kappa shape index (κ2) is 7.74. The van der Waals surface area contributed by atoms with E-state index in [4.69, 9.17) is 4.74 Å². The summed E-state index contributed by atoms with van der Waals surface area (Å²) in [6, 6.07) is 15.3. The lowest BCUT2D eigenvalue weighted by Gasteiger charge is -2.24. The smallest absolute Gasteiger partial charge is 0.295 e. The number of halogens is 1. The Labute approximate surface area is 160 Å². The van der Waals surface area contributed by atoms with Crippen LogP contribution in [-0.4, -0.2) is 40.7 Å². The molecule has 1 saturated heterocycles. The number of likely N-dealkylation sites (tertiary alicyclic amines) is 1. The summed E-state index contributed by atoms with van der Waals surface area (Å²) >= 11 is 3.33.